The highest BCUT2D eigenvalue weighted by atomic mass is 32.2. The molecule has 1 aromatic carbocycles. The molecule has 0 bridgehead atoms. The van der Waals surface area contributed by atoms with Gasteiger partial charge in [-0.3, -0.25) is 0 Å². The number of rotatable bonds is 3. The number of nitrogens with zero attached hydrogens (tertiary/aromatic N) is 4. The summed E-state index contributed by atoms with van der Waals surface area (Å²) in [4.78, 5) is 24.2. The quantitative estimate of drug-likeness (QED) is 0.780. The van der Waals surface area contributed by atoms with E-state index in [0.717, 1.165) is 36.6 Å². The summed E-state index contributed by atoms with van der Waals surface area (Å²) in [5.41, 5.74) is 1.10. The van der Waals surface area contributed by atoms with Gasteiger partial charge in [-0.25, -0.2) is 9.78 Å². The third-order valence-corrected chi connectivity index (χ3v) is 6.34. The zero-order valence-electron chi connectivity index (χ0n) is 14.7. The van der Waals surface area contributed by atoms with Crippen LogP contribution < -0.4 is 4.90 Å². The third kappa shape index (κ3) is 3.32. The van der Waals surface area contributed by atoms with Crippen LogP contribution in [-0.4, -0.2) is 67.3 Å². The van der Waals surface area contributed by atoms with Gasteiger partial charge in [-0.05, 0) is 31.2 Å². The van der Waals surface area contributed by atoms with Gasteiger partial charge in [-0.15, -0.1) is 11.8 Å². The van der Waals surface area contributed by atoms with Crippen LogP contribution in [0.15, 0.2) is 23.1 Å². The van der Waals surface area contributed by atoms with Crippen molar-refractivity contribution in [1.29, 1.82) is 0 Å². The lowest BCUT2D eigenvalue weighted by atomic mass is 10.1. The van der Waals surface area contributed by atoms with Crippen LogP contribution >= 0.6 is 23.1 Å². The number of hydrogen-bond donors (Lipinski definition) is 0. The second kappa shape index (κ2) is 7.19. The maximum Gasteiger partial charge on any atom is 0.319 e. The van der Waals surface area contributed by atoms with Gasteiger partial charge in [0.15, 0.2) is 5.13 Å². The van der Waals surface area contributed by atoms with Crippen molar-refractivity contribution in [2.75, 3.05) is 45.4 Å². The van der Waals surface area contributed by atoms with Crippen molar-refractivity contribution in [3.8, 4) is 0 Å². The number of carbonyl (C=O) groups excluding carboxylic acids is 1. The number of urea groups is 1. The highest BCUT2D eigenvalue weighted by molar-refractivity contribution is 7.98. The van der Waals surface area contributed by atoms with Crippen molar-refractivity contribution < 1.29 is 4.79 Å². The fourth-order valence-electron chi connectivity index (χ4n) is 3.13. The van der Waals surface area contributed by atoms with E-state index in [1.165, 1.54) is 9.60 Å². The molecule has 1 saturated heterocycles. The molecule has 0 N–H and O–H groups in total. The van der Waals surface area contributed by atoms with E-state index in [1.54, 1.807) is 42.1 Å². The number of thioether (sulfide) groups is 1. The van der Waals surface area contributed by atoms with Crippen LogP contribution in [0.2, 0.25) is 0 Å². The smallest absolute Gasteiger partial charge is 0.319 e. The second-order valence-corrected chi connectivity index (χ2v) is 8.19. The van der Waals surface area contributed by atoms with E-state index in [9.17, 15) is 4.79 Å². The molecule has 2 amide bonds. The number of carbonyl (C=O) groups is 1. The lowest BCUT2D eigenvalue weighted by molar-refractivity contribution is 0.157. The van der Waals surface area contributed by atoms with Gasteiger partial charge in [0, 0.05) is 39.1 Å². The number of hydrogen-bond acceptors (Lipinski definition) is 5. The highest BCUT2D eigenvalue weighted by Crippen LogP contribution is 2.35. The zero-order chi connectivity index (χ0) is 17.3. The van der Waals surface area contributed by atoms with Crippen LogP contribution in [0.25, 0.3) is 10.2 Å². The average Bonchev–Trinajstić information content (AvgIpc) is 3.04. The van der Waals surface area contributed by atoms with Gasteiger partial charge < -0.3 is 14.7 Å². The van der Waals surface area contributed by atoms with Crippen molar-refractivity contribution in [2.45, 2.75) is 23.8 Å². The normalized spacial score (nSPS) is 18.0. The molecule has 1 aromatic heterocycles. The molecule has 0 saturated carbocycles. The first-order chi connectivity index (χ1) is 11.5. The minimum Gasteiger partial charge on any atom is -0.346 e. The predicted molar refractivity (Wildman–Crippen MR) is 103 cm³/mol. The summed E-state index contributed by atoms with van der Waals surface area (Å²) in [5.74, 6) is 0. The topological polar surface area (TPSA) is 39.7 Å². The molecule has 1 aliphatic rings. The molecule has 1 atom stereocenters. The number of likely N-dealkylation sites (N-methyl/N-ethyl adjacent to an activating group) is 1. The Morgan fingerprint density at radius 2 is 2.17 bits per heavy atom. The van der Waals surface area contributed by atoms with Crippen LogP contribution in [0, 0.1) is 0 Å². The molecule has 24 heavy (non-hydrogen) atoms. The standard InChI is InChI=1S/C17H24N4OS2/c1-19(2)17(22)20(3)12-7-6-10-21(11-12)16-18-15-13(23-4)8-5-9-14(15)24-16/h5,8-9,12H,6-7,10-11H2,1-4H3. The summed E-state index contributed by atoms with van der Waals surface area (Å²) in [7, 11) is 5.51. The molecule has 2 heterocycles. The minimum absolute atomic E-state index is 0.0656. The number of amides is 2. The van der Waals surface area contributed by atoms with E-state index in [2.05, 4.69) is 29.4 Å². The lowest BCUT2D eigenvalue weighted by Gasteiger charge is -2.38. The first kappa shape index (κ1) is 17.4. The Morgan fingerprint density at radius 3 is 2.88 bits per heavy atom. The van der Waals surface area contributed by atoms with Crippen LogP contribution in [0.5, 0.6) is 0 Å². The van der Waals surface area contributed by atoms with Crippen molar-refractivity contribution >= 4 is 44.5 Å². The van der Waals surface area contributed by atoms with E-state index in [-0.39, 0.29) is 12.1 Å². The fraction of sp³-hybridized carbons (Fsp3) is 0.529. The number of para-hydroxylation sites is 1. The summed E-state index contributed by atoms with van der Waals surface area (Å²) >= 11 is 3.49. The molecule has 2 aromatic rings. The van der Waals surface area contributed by atoms with E-state index in [1.807, 2.05) is 11.9 Å². The van der Waals surface area contributed by atoms with Crippen molar-refractivity contribution in [3.05, 3.63) is 18.2 Å². The molecule has 1 unspecified atom stereocenters. The van der Waals surface area contributed by atoms with Gasteiger partial charge in [0.2, 0.25) is 0 Å². The molecule has 1 fully saturated rings. The van der Waals surface area contributed by atoms with Gasteiger partial charge in [-0.2, -0.15) is 0 Å². The number of fused-ring (bicyclic) bond motifs is 1. The zero-order valence-corrected chi connectivity index (χ0v) is 16.3. The maximum absolute atomic E-state index is 12.2. The van der Waals surface area contributed by atoms with E-state index >= 15 is 0 Å². The highest BCUT2D eigenvalue weighted by Gasteiger charge is 2.28. The summed E-state index contributed by atoms with van der Waals surface area (Å²) in [5, 5.41) is 1.07. The Bertz CT molecular complexity index is 730. The number of piperidine rings is 1. The molecule has 0 radical (unpaired) electrons. The molecule has 0 spiro atoms. The maximum atomic E-state index is 12.2. The number of thiazole rings is 1. The van der Waals surface area contributed by atoms with E-state index in [0.29, 0.717) is 0 Å². The lowest BCUT2D eigenvalue weighted by Crippen LogP contribution is -2.51. The first-order valence-electron chi connectivity index (χ1n) is 8.14. The number of aromatic nitrogens is 1. The molecule has 130 valence electrons. The summed E-state index contributed by atoms with van der Waals surface area (Å²) in [6.45, 7) is 1.86. The Hall–Kier alpha value is -1.47. The van der Waals surface area contributed by atoms with E-state index < -0.39 is 0 Å². The Labute approximate surface area is 151 Å². The van der Waals surface area contributed by atoms with Gasteiger partial charge >= 0.3 is 6.03 Å². The van der Waals surface area contributed by atoms with Gasteiger partial charge in [0.1, 0.15) is 0 Å². The SMILES string of the molecule is CSc1cccc2sc(N3CCCC(N(C)C(=O)N(C)C)C3)nc12. The van der Waals surface area contributed by atoms with E-state index in [4.69, 9.17) is 4.98 Å². The van der Waals surface area contributed by atoms with Crippen molar-refractivity contribution in [1.82, 2.24) is 14.8 Å². The number of anilines is 1. The molecular weight excluding hydrogens is 340 g/mol. The fourth-order valence-corrected chi connectivity index (χ4v) is 4.78. The summed E-state index contributed by atoms with van der Waals surface area (Å²) in [6, 6.07) is 6.66. The Balaban J connectivity index is 1.81. The van der Waals surface area contributed by atoms with Crippen LogP contribution in [-0.2, 0) is 0 Å². The van der Waals surface area contributed by atoms with Gasteiger partial charge in [0.25, 0.3) is 0 Å². The molecule has 7 heteroatoms. The second-order valence-electron chi connectivity index (χ2n) is 6.33. The monoisotopic (exact) mass is 364 g/mol. The average molecular weight is 365 g/mol. The largest absolute Gasteiger partial charge is 0.346 e. The first-order valence-corrected chi connectivity index (χ1v) is 10.2. The molecule has 5 nitrogen and oxygen atoms in total. The molecule has 0 aliphatic carbocycles. The predicted octanol–water partition coefficient (Wildman–Crippen LogP) is 3.60. The molecule has 1 aliphatic heterocycles. The minimum atomic E-state index is 0.0656. The summed E-state index contributed by atoms with van der Waals surface area (Å²) in [6.07, 6.45) is 4.22. The Kier molecular flexibility index (Phi) is 5.20. The van der Waals surface area contributed by atoms with Gasteiger partial charge in [0.05, 0.1) is 16.3 Å². The Morgan fingerprint density at radius 1 is 1.38 bits per heavy atom. The number of benzene rings is 1. The third-order valence-electron chi connectivity index (χ3n) is 4.49. The van der Waals surface area contributed by atoms with Crippen LogP contribution in [0.1, 0.15) is 12.8 Å². The van der Waals surface area contributed by atoms with Gasteiger partial charge in [-0.1, -0.05) is 17.4 Å². The van der Waals surface area contributed by atoms with Crippen LogP contribution in [0.4, 0.5) is 9.93 Å². The van der Waals surface area contributed by atoms with Crippen molar-refractivity contribution in [2.24, 2.45) is 0 Å². The molecule has 3 rings (SSSR count). The molecular formula is C17H24N4OS2. The van der Waals surface area contributed by atoms with Crippen LogP contribution in [0.3, 0.4) is 0 Å². The summed E-state index contributed by atoms with van der Waals surface area (Å²) < 4.78 is 1.23. The van der Waals surface area contributed by atoms with Crippen molar-refractivity contribution in [3.63, 3.8) is 0 Å².